The lowest BCUT2D eigenvalue weighted by Gasteiger charge is -2.42. The second kappa shape index (κ2) is 9.41. The molecule has 0 aromatic heterocycles. The van der Waals surface area contributed by atoms with E-state index in [1.165, 1.54) is 25.7 Å². The van der Waals surface area contributed by atoms with Crippen molar-refractivity contribution >= 4 is 24.2 Å². The van der Waals surface area contributed by atoms with Crippen molar-refractivity contribution < 1.29 is 9.59 Å². The fourth-order valence-corrected chi connectivity index (χ4v) is 4.95. The zero-order valence-electron chi connectivity index (χ0n) is 16.3. The summed E-state index contributed by atoms with van der Waals surface area (Å²) >= 11 is 0. The summed E-state index contributed by atoms with van der Waals surface area (Å²) in [5.74, 6) is 1.20. The first kappa shape index (κ1) is 21.5. The van der Waals surface area contributed by atoms with Crippen LogP contribution in [0.25, 0.3) is 0 Å². The second-order valence-corrected chi connectivity index (χ2v) is 8.70. The van der Waals surface area contributed by atoms with Crippen LogP contribution in [0.15, 0.2) is 0 Å². The van der Waals surface area contributed by atoms with Gasteiger partial charge in [0, 0.05) is 38.1 Å². The van der Waals surface area contributed by atoms with E-state index >= 15 is 0 Å². The Hall–Kier alpha value is -0.810. The Bertz CT molecular complexity index is 483. The first-order valence-electron chi connectivity index (χ1n) is 10.3. The number of nitrogens with zero attached hydrogens (tertiary/aromatic N) is 2. The fraction of sp³-hybridized carbons (Fsp3) is 0.900. The van der Waals surface area contributed by atoms with Crippen molar-refractivity contribution in [2.24, 2.45) is 17.6 Å². The van der Waals surface area contributed by atoms with Gasteiger partial charge in [-0.05, 0) is 32.1 Å². The summed E-state index contributed by atoms with van der Waals surface area (Å²) in [5, 5.41) is 0. The molecule has 0 spiro atoms. The third-order valence-corrected chi connectivity index (χ3v) is 6.74. The molecule has 3 aliphatic rings. The predicted molar refractivity (Wildman–Crippen MR) is 106 cm³/mol. The van der Waals surface area contributed by atoms with Crippen LogP contribution in [-0.4, -0.2) is 53.3 Å². The lowest BCUT2D eigenvalue weighted by Crippen LogP contribution is -2.57. The molecule has 26 heavy (non-hydrogen) atoms. The van der Waals surface area contributed by atoms with Gasteiger partial charge >= 0.3 is 0 Å². The Balaban J connectivity index is 0.00000243. The highest BCUT2D eigenvalue weighted by Crippen LogP contribution is 2.33. The smallest absolute Gasteiger partial charge is 0.227 e. The van der Waals surface area contributed by atoms with Crippen molar-refractivity contribution in [1.82, 2.24) is 9.80 Å². The van der Waals surface area contributed by atoms with E-state index in [0.29, 0.717) is 32.6 Å². The van der Waals surface area contributed by atoms with Crippen molar-refractivity contribution in [2.45, 2.75) is 76.7 Å². The van der Waals surface area contributed by atoms with Crippen molar-refractivity contribution in [1.29, 1.82) is 0 Å². The molecule has 1 saturated heterocycles. The fourth-order valence-electron chi connectivity index (χ4n) is 4.95. The van der Waals surface area contributed by atoms with Crippen LogP contribution < -0.4 is 5.73 Å². The minimum absolute atomic E-state index is 0. The number of piperazine rings is 1. The molecule has 1 heterocycles. The first-order chi connectivity index (χ1) is 12.0. The highest BCUT2D eigenvalue weighted by Gasteiger charge is 2.40. The van der Waals surface area contributed by atoms with Crippen molar-refractivity contribution in [3.8, 4) is 0 Å². The molecule has 0 aromatic carbocycles. The molecule has 6 heteroatoms. The number of hydrogen-bond donors (Lipinski definition) is 1. The number of amides is 2. The van der Waals surface area contributed by atoms with E-state index in [1.807, 2.05) is 16.7 Å². The van der Waals surface area contributed by atoms with Crippen LogP contribution in [0, 0.1) is 11.8 Å². The molecule has 2 aliphatic carbocycles. The van der Waals surface area contributed by atoms with Gasteiger partial charge in [0.1, 0.15) is 0 Å². The van der Waals surface area contributed by atoms with E-state index < -0.39 is 0 Å². The summed E-state index contributed by atoms with van der Waals surface area (Å²) < 4.78 is 0. The van der Waals surface area contributed by atoms with Crippen LogP contribution in [-0.2, 0) is 9.59 Å². The van der Waals surface area contributed by atoms with Gasteiger partial charge in [0.25, 0.3) is 0 Å². The molecule has 2 amide bonds. The summed E-state index contributed by atoms with van der Waals surface area (Å²) in [7, 11) is 0. The van der Waals surface area contributed by atoms with Crippen LogP contribution in [0.4, 0.5) is 0 Å². The largest absolute Gasteiger partial charge is 0.339 e. The maximum atomic E-state index is 12.9. The van der Waals surface area contributed by atoms with E-state index in [2.05, 4.69) is 0 Å². The van der Waals surface area contributed by atoms with Gasteiger partial charge in [-0.25, -0.2) is 0 Å². The summed E-state index contributed by atoms with van der Waals surface area (Å²) in [5.41, 5.74) is 6.02. The number of nitrogens with two attached hydrogens (primary N) is 1. The number of carbonyl (C=O) groups excluding carboxylic acids is 2. The van der Waals surface area contributed by atoms with Gasteiger partial charge in [-0.3, -0.25) is 9.59 Å². The molecule has 0 aromatic rings. The Labute approximate surface area is 164 Å². The molecule has 2 atom stereocenters. The molecular weight excluding hydrogens is 350 g/mol. The molecular formula is C20H36ClN3O2. The monoisotopic (exact) mass is 385 g/mol. The zero-order chi connectivity index (χ0) is 17.9. The van der Waals surface area contributed by atoms with Gasteiger partial charge in [0.2, 0.25) is 11.8 Å². The van der Waals surface area contributed by atoms with Crippen LogP contribution >= 0.6 is 12.4 Å². The summed E-state index contributed by atoms with van der Waals surface area (Å²) in [6, 6.07) is 0. The van der Waals surface area contributed by atoms with E-state index in [1.54, 1.807) is 0 Å². The predicted octanol–water partition coefficient (Wildman–Crippen LogP) is 2.96. The van der Waals surface area contributed by atoms with Crippen LogP contribution in [0.3, 0.4) is 0 Å². The minimum atomic E-state index is -0.371. The summed E-state index contributed by atoms with van der Waals surface area (Å²) in [6.07, 6.45) is 11.1. The standard InChI is InChI=1S/C20H35N3O2.ClH/c1-20(21)11-5-4-8-17(20)19(25)23-14-12-22(13-15-23)18(24)10-9-16-6-2-3-7-16;/h16-17H,2-15,21H2,1H3;1H. The molecule has 1 aliphatic heterocycles. The van der Waals surface area contributed by atoms with Gasteiger partial charge in [-0.15, -0.1) is 12.4 Å². The minimum Gasteiger partial charge on any atom is -0.339 e. The van der Waals surface area contributed by atoms with Crippen molar-refractivity contribution in [2.75, 3.05) is 26.2 Å². The Kier molecular flexibility index (Phi) is 7.77. The molecule has 2 unspecified atom stereocenters. The molecule has 0 bridgehead atoms. The highest BCUT2D eigenvalue weighted by atomic mass is 35.5. The number of hydrogen-bond acceptors (Lipinski definition) is 3. The molecule has 2 N–H and O–H groups in total. The quantitative estimate of drug-likeness (QED) is 0.808. The molecule has 0 radical (unpaired) electrons. The Morgan fingerprint density at radius 2 is 1.54 bits per heavy atom. The second-order valence-electron chi connectivity index (χ2n) is 8.70. The normalized spacial score (nSPS) is 30.2. The molecule has 3 rings (SSSR count). The van der Waals surface area contributed by atoms with Gasteiger partial charge in [-0.1, -0.05) is 38.5 Å². The third kappa shape index (κ3) is 5.13. The summed E-state index contributed by atoms with van der Waals surface area (Å²) in [6.45, 7) is 4.73. The molecule has 3 fully saturated rings. The van der Waals surface area contributed by atoms with Gasteiger partial charge in [-0.2, -0.15) is 0 Å². The highest BCUT2D eigenvalue weighted by molar-refractivity contribution is 5.85. The average Bonchev–Trinajstić information content (AvgIpc) is 3.12. The van der Waals surface area contributed by atoms with E-state index in [0.717, 1.165) is 38.0 Å². The van der Waals surface area contributed by atoms with E-state index in [9.17, 15) is 9.59 Å². The topological polar surface area (TPSA) is 66.6 Å². The molecule has 2 saturated carbocycles. The SMILES string of the molecule is CC1(N)CCCCC1C(=O)N1CCN(C(=O)CCC2CCCC2)CC1.Cl. The van der Waals surface area contributed by atoms with E-state index in [-0.39, 0.29) is 35.7 Å². The van der Waals surface area contributed by atoms with Crippen LogP contribution in [0.1, 0.15) is 71.1 Å². The molecule has 150 valence electrons. The van der Waals surface area contributed by atoms with Gasteiger partial charge < -0.3 is 15.5 Å². The van der Waals surface area contributed by atoms with Gasteiger partial charge in [0.05, 0.1) is 5.92 Å². The Morgan fingerprint density at radius 3 is 2.15 bits per heavy atom. The van der Waals surface area contributed by atoms with Crippen molar-refractivity contribution in [3.63, 3.8) is 0 Å². The lowest BCUT2D eigenvalue weighted by molar-refractivity contribution is -0.144. The summed E-state index contributed by atoms with van der Waals surface area (Å²) in [4.78, 5) is 29.2. The lowest BCUT2D eigenvalue weighted by atomic mass is 9.74. The average molecular weight is 386 g/mol. The maximum absolute atomic E-state index is 12.9. The van der Waals surface area contributed by atoms with Gasteiger partial charge in [0.15, 0.2) is 0 Å². The number of rotatable bonds is 4. The van der Waals surface area contributed by atoms with E-state index in [4.69, 9.17) is 5.73 Å². The van der Waals surface area contributed by atoms with Crippen molar-refractivity contribution in [3.05, 3.63) is 0 Å². The first-order valence-corrected chi connectivity index (χ1v) is 10.3. The Morgan fingerprint density at radius 1 is 0.962 bits per heavy atom. The number of carbonyl (C=O) groups is 2. The van der Waals surface area contributed by atoms with Crippen LogP contribution in [0.2, 0.25) is 0 Å². The zero-order valence-corrected chi connectivity index (χ0v) is 17.1. The van der Waals surface area contributed by atoms with Crippen LogP contribution in [0.5, 0.6) is 0 Å². The molecule has 5 nitrogen and oxygen atoms in total. The number of halogens is 1. The maximum Gasteiger partial charge on any atom is 0.227 e. The third-order valence-electron chi connectivity index (χ3n) is 6.74.